The number of carbonyl (C=O) groups excluding carboxylic acids is 1. The standard InChI is InChI=1S/C20H25N3O/c21-15-17(20(24)22-18-6-2-3-7-18)14-16-8-10-19(11-9-16)23-12-4-1-5-13-23/h8-11,14,18H,1-7,12-13H2,(H,22,24)/b17-14-. The highest BCUT2D eigenvalue weighted by Gasteiger charge is 2.19. The summed E-state index contributed by atoms with van der Waals surface area (Å²) in [6.45, 7) is 2.23. The zero-order valence-electron chi connectivity index (χ0n) is 14.1. The number of benzene rings is 1. The zero-order chi connectivity index (χ0) is 16.8. The van der Waals surface area contributed by atoms with Crippen molar-refractivity contribution in [1.29, 1.82) is 5.26 Å². The molecule has 1 aliphatic heterocycles. The van der Waals surface area contributed by atoms with Crippen LogP contribution in [0.25, 0.3) is 6.08 Å². The normalized spacial score (nSPS) is 19.1. The molecule has 0 spiro atoms. The Hall–Kier alpha value is -2.28. The highest BCUT2D eigenvalue weighted by Crippen LogP contribution is 2.21. The molecular weight excluding hydrogens is 298 g/mol. The smallest absolute Gasteiger partial charge is 0.262 e. The van der Waals surface area contributed by atoms with E-state index in [2.05, 4.69) is 22.3 Å². The summed E-state index contributed by atoms with van der Waals surface area (Å²) in [4.78, 5) is 14.6. The van der Waals surface area contributed by atoms with Gasteiger partial charge in [0.1, 0.15) is 11.6 Å². The fourth-order valence-electron chi connectivity index (χ4n) is 3.58. The van der Waals surface area contributed by atoms with Crippen molar-refractivity contribution in [2.45, 2.75) is 51.0 Å². The average molecular weight is 323 g/mol. The van der Waals surface area contributed by atoms with Gasteiger partial charge in [-0.15, -0.1) is 0 Å². The predicted molar refractivity (Wildman–Crippen MR) is 96.5 cm³/mol. The van der Waals surface area contributed by atoms with Crippen LogP contribution in [0.2, 0.25) is 0 Å². The molecule has 2 aliphatic rings. The first-order valence-electron chi connectivity index (χ1n) is 9.04. The minimum atomic E-state index is -0.246. The molecule has 1 heterocycles. The fraction of sp³-hybridized carbons (Fsp3) is 0.500. The zero-order valence-corrected chi connectivity index (χ0v) is 14.1. The van der Waals surface area contributed by atoms with Gasteiger partial charge in [-0.1, -0.05) is 25.0 Å². The molecule has 0 unspecified atom stereocenters. The van der Waals surface area contributed by atoms with Crippen molar-refractivity contribution in [1.82, 2.24) is 5.32 Å². The molecule has 4 nitrogen and oxygen atoms in total. The molecule has 0 aromatic heterocycles. The van der Waals surface area contributed by atoms with Crippen LogP contribution in [0.1, 0.15) is 50.5 Å². The van der Waals surface area contributed by atoms with E-state index in [0.29, 0.717) is 0 Å². The monoisotopic (exact) mass is 323 g/mol. The Bertz CT molecular complexity index is 630. The van der Waals surface area contributed by atoms with Crippen LogP contribution in [0.3, 0.4) is 0 Å². The van der Waals surface area contributed by atoms with Crippen LogP contribution in [0.15, 0.2) is 29.8 Å². The Kier molecular flexibility index (Phi) is 5.53. The lowest BCUT2D eigenvalue weighted by molar-refractivity contribution is -0.117. The molecule has 1 saturated carbocycles. The third-order valence-electron chi connectivity index (χ3n) is 4.98. The first kappa shape index (κ1) is 16.6. The van der Waals surface area contributed by atoms with Gasteiger partial charge in [-0.25, -0.2) is 0 Å². The van der Waals surface area contributed by atoms with E-state index in [9.17, 15) is 10.1 Å². The molecule has 126 valence electrons. The molecular formula is C20H25N3O. The fourth-order valence-corrected chi connectivity index (χ4v) is 3.58. The molecule has 1 aromatic rings. The Morgan fingerprint density at radius 3 is 2.38 bits per heavy atom. The van der Waals surface area contributed by atoms with Crippen LogP contribution in [0, 0.1) is 11.3 Å². The molecule has 1 N–H and O–H groups in total. The lowest BCUT2D eigenvalue weighted by atomic mass is 10.1. The van der Waals surface area contributed by atoms with Crippen LogP contribution in [0.5, 0.6) is 0 Å². The number of rotatable bonds is 4. The van der Waals surface area contributed by atoms with Gasteiger partial charge >= 0.3 is 0 Å². The number of nitrogens with one attached hydrogen (secondary N) is 1. The number of carbonyl (C=O) groups is 1. The highest BCUT2D eigenvalue weighted by molar-refractivity contribution is 6.01. The van der Waals surface area contributed by atoms with Gasteiger partial charge < -0.3 is 10.2 Å². The highest BCUT2D eigenvalue weighted by atomic mass is 16.1. The lowest BCUT2D eigenvalue weighted by Gasteiger charge is -2.28. The first-order valence-corrected chi connectivity index (χ1v) is 9.04. The third-order valence-corrected chi connectivity index (χ3v) is 4.98. The summed E-state index contributed by atoms with van der Waals surface area (Å²) in [5, 5.41) is 12.3. The Morgan fingerprint density at radius 1 is 1.08 bits per heavy atom. The number of piperidine rings is 1. The Morgan fingerprint density at radius 2 is 1.75 bits per heavy atom. The van der Waals surface area contributed by atoms with Gasteiger partial charge in [-0.2, -0.15) is 5.26 Å². The van der Waals surface area contributed by atoms with Gasteiger partial charge in [-0.3, -0.25) is 4.79 Å². The number of amides is 1. The summed E-state index contributed by atoms with van der Waals surface area (Å²) < 4.78 is 0. The van der Waals surface area contributed by atoms with Crippen LogP contribution in [0.4, 0.5) is 5.69 Å². The quantitative estimate of drug-likeness (QED) is 0.680. The van der Waals surface area contributed by atoms with E-state index in [1.807, 2.05) is 18.2 Å². The minimum absolute atomic E-state index is 0.188. The number of nitriles is 1. The maximum Gasteiger partial charge on any atom is 0.262 e. The summed E-state index contributed by atoms with van der Waals surface area (Å²) in [5.74, 6) is -0.246. The SMILES string of the molecule is N#C/C(=C/c1ccc(N2CCCCC2)cc1)C(=O)NC1CCCC1. The van der Waals surface area contributed by atoms with Crippen LogP contribution < -0.4 is 10.2 Å². The molecule has 4 heteroatoms. The average Bonchev–Trinajstić information content (AvgIpc) is 3.14. The molecule has 1 saturated heterocycles. The molecule has 24 heavy (non-hydrogen) atoms. The first-order chi connectivity index (χ1) is 11.8. The van der Waals surface area contributed by atoms with Gasteiger partial charge in [0, 0.05) is 24.8 Å². The van der Waals surface area contributed by atoms with Crippen molar-refractivity contribution in [3.63, 3.8) is 0 Å². The molecule has 1 aliphatic carbocycles. The van der Waals surface area contributed by atoms with Gasteiger partial charge in [0.15, 0.2) is 0 Å². The second-order valence-corrected chi connectivity index (χ2v) is 6.76. The van der Waals surface area contributed by atoms with E-state index in [0.717, 1.165) is 44.3 Å². The van der Waals surface area contributed by atoms with Crippen molar-refractivity contribution in [3.05, 3.63) is 35.4 Å². The van der Waals surface area contributed by atoms with E-state index in [-0.39, 0.29) is 17.5 Å². The molecule has 0 bridgehead atoms. The van der Waals surface area contributed by atoms with E-state index >= 15 is 0 Å². The van der Waals surface area contributed by atoms with Crippen LogP contribution in [-0.4, -0.2) is 25.0 Å². The molecule has 3 rings (SSSR count). The van der Waals surface area contributed by atoms with Gasteiger partial charge in [0.05, 0.1) is 0 Å². The molecule has 1 amide bonds. The van der Waals surface area contributed by atoms with Gasteiger partial charge in [0.25, 0.3) is 5.91 Å². The molecule has 0 radical (unpaired) electrons. The largest absolute Gasteiger partial charge is 0.372 e. The maximum absolute atomic E-state index is 12.2. The van der Waals surface area contributed by atoms with Gasteiger partial charge in [0.2, 0.25) is 0 Å². The van der Waals surface area contributed by atoms with Crippen molar-refractivity contribution < 1.29 is 4.79 Å². The topological polar surface area (TPSA) is 56.1 Å². The van der Waals surface area contributed by atoms with Crippen molar-refractivity contribution in [3.8, 4) is 6.07 Å². The molecule has 1 aromatic carbocycles. The summed E-state index contributed by atoms with van der Waals surface area (Å²) in [5.41, 5.74) is 2.31. The third kappa shape index (κ3) is 4.17. The van der Waals surface area contributed by atoms with E-state index in [4.69, 9.17) is 0 Å². The maximum atomic E-state index is 12.2. The van der Waals surface area contributed by atoms with E-state index in [1.165, 1.54) is 24.9 Å². The van der Waals surface area contributed by atoms with Crippen molar-refractivity contribution in [2.75, 3.05) is 18.0 Å². The van der Waals surface area contributed by atoms with E-state index < -0.39 is 0 Å². The predicted octanol–water partition coefficient (Wildman–Crippen LogP) is 3.64. The minimum Gasteiger partial charge on any atom is -0.372 e. The van der Waals surface area contributed by atoms with Crippen LogP contribution in [-0.2, 0) is 4.79 Å². The van der Waals surface area contributed by atoms with Crippen LogP contribution >= 0.6 is 0 Å². The van der Waals surface area contributed by atoms with Crippen molar-refractivity contribution in [2.24, 2.45) is 0 Å². The lowest BCUT2D eigenvalue weighted by Crippen LogP contribution is -2.33. The summed E-state index contributed by atoms with van der Waals surface area (Å²) in [7, 11) is 0. The number of anilines is 1. The molecule has 0 atom stereocenters. The van der Waals surface area contributed by atoms with Gasteiger partial charge in [-0.05, 0) is 55.9 Å². The summed E-state index contributed by atoms with van der Waals surface area (Å²) >= 11 is 0. The van der Waals surface area contributed by atoms with E-state index in [1.54, 1.807) is 6.08 Å². The molecule has 2 fully saturated rings. The number of hydrogen-bond acceptors (Lipinski definition) is 3. The number of nitrogens with zero attached hydrogens (tertiary/aromatic N) is 2. The Labute approximate surface area is 144 Å². The number of hydrogen-bond donors (Lipinski definition) is 1. The second-order valence-electron chi connectivity index (χ2n) is 6.76. The second kappa shape index (κ2) is 8.01. The van der Waals surface area contributed by atoms with Crippen molar-refractivity contribution >= 4 is 17.7 Å². The summed E-state index contributed by atoms with van der Waals surface area (Å²) in [6, 6.07) is 10.4. The Balaban J connectivity index is 1.66. The summed E-state index contributed by atoms with van der Waals surface area (Å²) in [6.07, 6.45) is 9.87.